The molecule has 1 amide bonds. The van der Waals surface area contributed by atoms with Gasteiger partial charge in [0.25, 0.3) is 5.91 Å². The highest BCUT2D eigenvalue weighted by Gasteiger charge is 2.71. The molecule has 2 aliphatic rings. The number of para-hydroxylation sites is 1. The second-order valence-electron chi connectivity index (χ2n) is 9.09. The second-order valence-corrected chi connectivity index (χ2v) is 10.1. The number of hydrogen-bond acceptors (Lipinski definition) is 6. The monoisotopic (exact) mass is 475 g/mol. The Hall–Kier alpha value is -3.14. The molecule has 0 saturated heterocycles. The van der Waals surface area contributed by atoms with Gasteiger partial charge in [-0.05, 0) is 36.1 Å². The van der Waals surface area contributed by atoms with Crippen molar-refractivity contribution < 1.29 is 27.2 Å². The lowest BCUT2D eigenvalue weighted by Gasteiger charge is -2.35. The van der Waals surface area contributed by atoms with Crippen molar-refractivity contribution in [2.24, 2.45) is 5.41 Å². The Morgan fingerprint density at radius 1 is 1.15 bits per heavy atom. The van der Waals surface area contributed by atoms with Gasteiger partial charge in [0.15, 0.2) is 10.9 Å². The number of benzene rings is 1. The van der Waals surface area contributed by atoms with Crippen LogP contribution in [0.2, 0.25) is 0 Å². The van der Waals surface area contributed by atoms with Crippen LogP contribution in [0.5, 0.6) is 0 Å². The number of thiazole rings is 1. The molecule has 1 aliphatic heterocycles. The van der Waals surface area contributed by atoms with Crippen LogP contribution in [0.1, 0.15) is 32.4 Å². The molecule has 1 aromatic carbocycles. The fraction of sp³-hybridized carbons (Fsp3) is 0.348. The average Bonchev–Trinajstić information content (AvgIpc) is 3.41. The van der Waals surface area contributed by atoms with E-state index in [-0.39, 0.29) is 30.2 Å². The Balaban J connectivity index is 1.69. The molecule has 6 nitrogen and oxygen atoms in total. The molecule has 5 rings (SSSR count). The van der Waals surface area contributed by atoms with Crippen molar-refractivity contribution in [3.8, 4) is 0 Å². The van der Waals surface area contributed by atoms with Crippen LogP contribution in [-0.4, -0.2) is 33.3 Å². The summed E-state index contributed by atoms with van der Waals surface area (Å²) in [6, 6.07) is 10.1. The minimum absolute atomic E-state index is 0.0776. The first-order valence-corrected chi connectivity index (χ1v) is 11.2. The van der Waals surface area contributed by atoms with E-state index < -0.39 is 34.4 Å². The topological polar surface area (TPSA) is 75.4 Å². The summed E-state index contributed by atoms with van der Waals surface area (Å²) in [6.45, 7) is 3.41. The Morgan fingerprint density at radius 3 is 2.58 bits per heavy atom. The number of carbonyl (C=O) groups is 2. The Kier molecular flexibility index (Phi) is 4.72. The standard InChI is InChI=1S/C23H20F3N3O3S/c1-21(2)10-15-18(16(30)11-21)22(23(24,25)26,19(31)29(15)12-13-6-5-9-32-13)28-20-27-14-7-3-4-8-17(14)33-20/h3-9H,10-12H2,1-2H3,(H,27,28). The van der Waals surface area contributed by atoms with E-state index in [1.807, 2.05) is 0 Å². The number of rotatable bonds is 4. The molecule has 1 unspecified atom stereocenters. The third kappa shape index (κ3) is 3.35. The van der Waals surface area contributed by atoms with Gasteiger partial charge in [0.1, 0.15) is 5.76 Å². The van der Waals surface area contributed by atoms with E-state index in [2.05, 4.69) is 10.3 Å². The van der Waals surface area contributed by atoms with Crippen LogP contribution < -0.4 is 5.32 Å². The van der Waals surface area contributed by atoms with Crippen LogP contribution in [0, 0.1) is 5.41 Å². The molecule has 0 bridgehead atoms. The Labute approximate surface area is 191 Å². The van der Waals surface area contributed by atoms with Crippen molar-refractivity contribution in [1.29, 1.82) is 0 Å². The molecule has 1 atom stereocenters. The molecule has 0 spiro atoms. The van der Waals surface area contributed by atoms with Crippen LogP contribution in [0.3, 0.4) is 0 Å². The van der Waals surface area contributed by atoms with Gasteiger partial charge in [0, 0.05) is 12.1 Å². The van der Waals surface area contributed by atoms with Gasteiger partial charge in [-0.25, -0.2) is 4.98 Å². The van der Waals surface area contributed by atoms with Crippen molar-refractivity contribution in [1.82, 2.24) is 9.88 Å². The number of fused-ring (bicyclic) bond motifs is 1. The molecule has 3 aromatic rings. The maximum absolute atomic E-state index is 14.9. The zero-order valence-corrected chi connectivity index (χ0v) is 18.6. The van der Waals surface area contributed by atoms with Gasteiger partial charge in [0.2, 0.25) is 5.54 Å². The Bertz CT molecular complexity index is 1260. The minimum atomic E-state index is -5.09. The lowest BCUT2D eigenvalue weighted by molar-refractivity contribution is -0.181. The zero-order chi connectivity index (χ0) is 23.6. The molecular formula is C23H20F3N3O3S. The first-order valence-electron chi connectivity index (χ1n) is 10.3. The van der Waals surface area contributed by atoms with Crippen LogP contribution in [0.15, 0.2) is 58.3 Å². The molecule has 33 heavy (non-hydrogen) atoms. The summed E-state index contributed by atoms with van der Waals surface area (Å²) >= 11 is 1.00. The molecule has 10 heteroatoms. The third-order valence-corrected chi connectivity index (χ3v) is 6.98. The molecule has 172 valence electrons. The summed E-state index contributed by atoms with van der Waals surface area (Å²) in [6.07, 6.45) is -3.64. The van der Waals surface area contributed by atoms with E-state index in [1.165, 1.54) is 6.26 Å². The van der Waals surface area contributed by atoms with E-state index in [9.17, 15) is 22.8 Å². The molecule has 0 fully saturated rings. The van der Waals surface area contributed by atoms with E-state index in [0.29, 0.717) is 16.0 Å². The second kappa shape index (κ2) is 7.18. The van der Waals surface area contributed by atoms with Gasteiger partial charge >= 0.3 is 6.18 Å². The summed E-state index contributed by atoms with van der Waals surface area (Å²) < 4.78 is 50.5. The highest BCUT2D eigenvalue weighted by molar-refractivity contribution is 7.22. The van der Waals surface area contributed by atoms with Crippen LogP contribution in [-0.2, 0) is 16.1 Å². The fourth-order valence-electron chi connectivity index (χ4n) is 4.64. The number of carbonyl (C=O) groups excluding carboxylic acids is 2. The number of furan rings is 1. The number of nitrogens with one attached hydrogen (secondary N) is 1. The highest BCUT2D eigenvalue weighted by Crippen LogP contribution is 2.53. The number of aromatic nitrogens is 1. The highest BCUT2D eigenvalue weighted by atomic mass is 32.1. The van der Waals surface area contributed by atoms with E-state index in [4.69, 9.17) is 4.42 Å². The SMILES string of the molecule is CC1(C)CC(=O)C2=C(C1)N(Cc1ccco1)C(=O)C2(Nc1nc2ccccc2s1)C(F)(F)F. The van der Waals surface area contributed by atoms with E-state index >= 15 is 0 Å². The Morgan fingerprint density at radius 2 is 1.91 bits per heavy atom. The number of Topliss-reactive ketones (excluding diaryl/α,β-unsaturated/α-hetero) is 1. The van der Waals surface area contributed by atoms with Crippen molar-refractivity contribution in [2.45, 2.75) is 44.9 Å². The van der Waals surface area contributed by atoms with Crippen molar-refractivity contribution in [3.63, 3.8) is 0 Å². The third-order valence-electron chi connectivity index (χ3n) is 6.03. The van der Waals surface area contributed by atoms with Gasteiger partial charge in [-0.1, -0.05) is 37.3 Å². The first kappa shape index (κ1) is 21.7. The number of halogens is 3. The smallest absolute Gasteiger partial charge is 0.425 e. The summed E-state index contributed by atoms with van der Waals surface area (Å²) in [7, 11) is 0. The van der Waals surface area contributed by atoms with Crippen molar-refractivity contribution in [3.05, 3.63) is 59.7 Å². The summed E-state index contributed by atoms with van der Waals surface area (Å²) in [4.78, 5) is 32.1. The largest absolute Gasteiger partial charge is 0.467 e. The molecule has 1 N–H and O–H groups in total. The molecule has 2 aromatic heterocycles. The lowest BCUT2D eigenvalue weighted by atomic mass is 9.72. The molecule has 0 saturated carbocycles. The van der Waals surface area contributed by atoms with Gasteiger partial charge in [-0.2, -0.15) is 13.2 Å². The van der Waals surface area contributed by atoms with Gasteiger partial charge in [-0.3, -0.25) is 9.59 Å². The lowest BCUT2D eigenvalue weighted by Crippen LogP contribution is -2.60. The number of amides is 1. The van der Waals surface area contributed by atoms with Gasteiger partial charge < -0.3 is 14.6 Å². The number of hydrogen-bond donors (Lipinski definition) is 1. The molecule has 3 heterocycles. The molecule has 0 radical (unpaired) electrons. The molecule has 1 aliphatic carbocycles. The summed E-state index contributed by atoms with van der Waals surface area (Å²) in [5, 5.41) is 2.30. The average molecular weight is 475 g/mol. The van der Waals surface area contributed by atoms with E-state index in [0.717, 1.165) is 16.2 Å². The van der Waals surface area contributed by atoms with E-state index in [1.54, 1.807) is 50.2 Å². The maximum atomic E-state index is 14.9. The number of nitrogens with zero attached hydrogens (tertiary/aromatic N) is 2. The first-order chi connectivity index (χ1) is 15.5. The quantitative estimate of drug-likeness (QED) is 0.555. The zero-order valence-electron chi connectivity index (χ0n) is 17.8. The minimum Gasteiger partial charge on any atom is -0.467 e. The number of allylic oxidation sites excluding steroid dienone is 1. The van der Waals surface area contributed by atoms with Crippen molar-refractivity contribution in [2.75, 3.05) is 5.32 Å². The van der Waals surface area contributed by atoms with Gasteiger partial charge in [-0.15, -0.1) is 0 Å². The molecular weight excluding hydrogens is 455 g/mol. The van der Waals surface area contributed by atoms with Crippen LogP contribution in [0.4, 0.5) is 18.3 Å². The summed E-state index contributed by atoms with van der Waals surface area (Å²) in [5.74, 6) is -1.62. The van der Waals surface area contributed by atoms with Crippen molar-refractivity contribution >= 4 is 38.4 Å². The van der Waals surface area contributed by atoms with Crippen LogP contribution in [0.25, 0.3) is 10.2 Å². The normalized spacial score (nSPS) is 22.9. The predicted octanol–water partition coefficient (Wildman–Crippen LogP) is 5.29. The van der Waals surface area contributed by atoms with Gasteiger partial charge in [0.05, 0.1) is 28.6 Å². The summed E-state index contributed by atoms with van der Waals surface area (Å²) in [5.41, 5.74) is -3.75. The predicted molar refractivity (Wildman–Crippen MR) is 116 cm³/mol. The maximum Gasteiger partial charge on any atom is 0.425 e. The number of alkyl halides is 3. The number of anilines is 1. The van der Waals surface area contributed by atoms with Crippen LogP contribution >= 0.6 is 11.3 Å². The fourth-order valence-corrected chi connectivity index (χ4v) is 5.56. The number of ketones is 1.